The number of benzene rings is 1. The van der Waals surface area contributed by atoms with Crippen molar-refractivity contribution in [1.82, 2.24) is 5.32 Å². The van der Waals surface area contributed by atoms with E-state index < -0.39 is 10.8 Å². The van der Waals surface area contributed by atoms with Crippen molar-refractivity contribution >= 4 is 10.8 Å². The average Bonchev–Trinajstić information content (AvgIpc) is 2.38. The standard InChI is InChI=1S/C12H17NO3S/c1-15-9-3-4-10(12(7-9)16-2)11-8-17(14)6-5-13-11/h3-4,7,11,13H,5-6,8H2,1-2H3. The summed E-state index contributed by atoms with van der Waals surface area (Å²) in [6.45, 7) is 0.784. The third-order valence-electron chi connectivity index (χ3n) is 2.89. The van der Waals surface area contributed by atoms with Crippen LogP contribution in [0.5, 0.6) is 11.5 Å². The molecule has 0 aromatic heterocycles. The van der Waals surface area contributed by atoms with Crippen molar-refractivity contribution in [3.05, 3.63) is 23.8 Å². The molecule has 0 saturated carbocycles. The predicted octanol–water partition coefficient (Wildman–Crippen LogP) is 1.10. The first-order valence-electron chi connectivity index (χ1n) is 5.55. The Morgan fingerprint density at radius 3 is 2.82 bits per heavy atom. The van der Waals surface area contributed by atoms with E-state index in [1.807, 2.05) is 18.2 Å². The van der Waals surface area contributed by atoms with Crippen molar-refractivity contribution in [1.29, 1.82) is 0 Å². The third-order valence-corrected chi connectivity index (χ3v) is 4.25. The SMILES string of the molecule is COc1ccc(C2CS(=O)CCN2)c(OC)c1. The minimum Gasteiger partial charge on any atom is -0.497 e. The van der Waals surface area contributed by atoms with Gasteiger partial charge in [-0.3, -0.25) is 4.21 Å². The lowest BCUT2D eigenvalue weighted by atomic mass is 10.1. The normalized spacial score (nSPS) is 24.4. The summed E-state index contributed by atoms with van der Waals surface area (Å²) >= 11 is 0. The Kier molecular flexibility index (Phi) is 4.02. The molecule has 94 valence electrons. The topological polar surface area (TPSA) is 47.6 Å². The minimum absolute atomic E-state index is 0.102. The minimum atomic E-state index is -0.737. The average molecular weight is 255 g/mol. The van der Waals surface area contributed by atoms with Gasteiger partial charge < -0.3 is 14.8 Å². The summed E-state index contributed by atoms with van der Waals surface area (Å²) in [6, 6.07) is 5.83. The second-order valence-electron chi connectivity index (χ2n) is 3.93. The number of ether oxygens (including phenoxy) is 2. The van der Waals surface area contributed by atoms with Crippen LogP contribution in [0.3, 0.4) is 0 Å². The summed E-state index contributed by atoms with van der Waals surface area (Å²) in [5.74, 6) is 2.92. The van der Waals surface area contributed by atoms with Gasteiger partial charge in [-0.15, -0.1) is 0 Å². The molecule has 1 aliphatic rings. The van der Waals surface area contributed by atoms with Crippen LogP contribution in [0.4, 0.5) is 0 Å². The second-order valence-corrected chi connectivity index (χ2v) is 5.55. The largest absolute Gasteiger partial charge is 0.497 e. The van der Waals surface area contributed by atoms with E-state index in [1.165, 1.54) is 0 Å². The van der Waals surface area contributed by atoms with Crippen molar-refractivity contribution < 1.29 is 13.7 Å². The Bertz CT molecular complexity index is 422. The van der Waals surface area contributed by atoms with E-state index in [9.17, 15) is 4.21 Å². The van der Waals surface area contributed by atoms with Crippen LogP contribution in [0.25, 0.3) is 0 Å². The molecule has 1 heterocycles. The number of hydrogen-bond donors (Lipinski definition) is 1. The molecule has 17 heavy (non-hydrogen) atoms. The predicted molar refractivity (Wildman–Crippen MR) is 68.2 cm³/mol. The molecule has 0 radical (unpaired) electrons. The van der Waals surface area contributed by atoms with Crippen LogP contribution in [0.1, 0.15) is 11.6 Å². The Labute approximate surface area is 104 Å². The van der Waals surface area contributed by atoms with E-state index in [-0.39, 0.29) is 6.04 Å². The summed E-state index contributed by atoms with van der Waals surface area (Å²) in [5, 5.41) is 3.36. The molecule has 1 saturated heterocycles. The monoisotopic (exact) mass is 255 g/mol. The van der Waals surface area contributed by atoms with Gasteiger partial charge in [0.2, 0.25) is 0 Å². The van der Waals surface area contributed by atoms with Gasteiger partial charge in [0.15, 0.2) is 0 Å². The van der Waals surface area contributed by atoms with Gasteiger partial charge in [-0.05, 0) is 6.07 Å². The van der Waals surface area contributed by atoms with Crippen LogP contribution >= 0.6 is 0 Å². The first-order chi connectivity index (χ1) is 8.24. The molecule has 2 unspecified atom stereocenters. The highest BCUT2D eigenvalue weighted by molar-refractivity contribution is 7.85. The molecule has 0 bridgehead atoms. The van der Waals surface area contributed by atoms with Crippen molar-refractivity contribution in [2.45, 2.75) is 6.04 Å². The van der Waals surface area contributed by atoms with E-state index in [4.69, 9.17) is 9.47 Å². The van der Waals surface area contributed by atoms with Crippen molar-refractivity contribution in [3.8, 4) is 11.5 Å². The van der Waals surface area contributed by atoms with Crippen LogP contribution < -0.4 is 14.8 Å². The van der Waals surface area contributed by atoms with E-state index in [0.717, 1.165) is 29.4 Å². The molecule has 0 amide bonds. The van der Waals surface area contributed by atoms with Crippen molar-refractivity contribution in [2.24, 2.45) is 0 Å². The first-order valence-corrected chi connectivity index (χ1v) is 7.03. The van der Waals surface area contributed by atoms with Crippen LogP contribution in [-0.4, -0.2) is 36.5 Å². The van der Waals surface area contributed by atoms with Gasteiger partial charge in [0.1, 0.15) is 11.5 Å². The lowest BCUT2D eigenvalue weighted by molar-refractivity contribution is 0.386. The van der Waals surface area contributed by atoms with E-state index in [2.05, 4.69) is 5.32 Å². The highest BCUT2D eigenvalue weighted by Crippen LogP contribution is 2.30. The quantitative estimate of drug-likeness (QED) is 0.878. The zero-order valence-electron chi connectivity index (χ0n) is 10.1. The lowest BCUT2D eigenvalue weighted by Crippen LogP contribution is -2.36. The van der Waals surface area contributed by atoms with Gasteiger partial charge >= 0.3 is 0 Å². The molecule has 1 aromatic carbocycles. The number of rotatable bonds is 3. The zero-order valence-corrected chi connectivity index (χ0v) is 10.9. The van der Waals surface area contributed by atoms with Gasteiger partial charge in [0, 0.05) is 46.5 Å². The van der Waals surface area contributed by atoms with Gasteiger partial charge in [-0.1, -0.05) is 6.07 Å². The number of methoxy groups -OCH3 is 2. The molecule has 2 atom stereocenters. The van der Waals surface area contributed by atoms with Crippen LogP contribution in [0.15, 0.2) is 18.2 Å². The fraction of sp³-hybridized carbons (Fsp3) is 0.500. The van der Waals surface area contributed by atoms with Gasteiger partial charge in [0.25, 0.3) is 0 Å². The summed E-state index contributed by atoms with van der Waals surface area (Å²) < 4.78 is 22.1. The van der Waals surface area contributed by atoms with Crippen molar-refractivity contribution in [2.75, 3.05) is 32.3 Å². The fourth-order valence-corrected chi connectivity index (χ4v) is 3.16. The Morgan fingerprint density at radius 1 is 1.35 bits per heavy atom. The molecule has 2 rings (SSSR count). The highest BCUT2D eigenvalue weighted by Gasteiger charge is 2.22. The van der Waals surface area contributed by atoms with Gasteiger partial charge in [-0.2, -0.15) is 0 Å². The Balaban J connectivity index is 2.27. The van der Waals surface area contributed by atoms with Crippen LogP contribution in [0, 0.1) is 0 Å². The molecular weight excluding hydrogens is 238 g/mol. The van der Waals surface area contributed by atoms with Gasteiger partial charge in [0.05, 0.1) is 14.2 Å². The number of hydrogen-bond acceptors (Lipinski definition) is 4. The first kappa shape index (κ1) is 12.4. The molecule has 1 aliphatic heterocycles. The summed E-state index contributed by atoms with van der Waals surface area (Å²) in [5.41, 5.74) is 1.04. The third kappa shape index (κ3) is 2.79. The molecule has 5 heteroatoms. The number of nitrogens with one attached hydrogen (secondary N) is 1. The smallest absolute Gasteiger partial charge is 0.127 e. The summed E-state index contributed by atoms with van der Waals surface area (Å²) in [6.07, 6.45) is 0. The maximum absolute atomic E-state index is 11.6. The molecular formula is C12H17NO3S. The Hall–Kier alpha value is -1.07. The Morgan fingerprint density at radius 2 is 2.18 bits per heavy atom. The lowest BCUT2D eigenvalue weighted by Gasteiger charge is -2.25. The summed E-state index contributed by atoms with van der Waals surface area (Å²) in [4.78, 5) is 0. The van der Waals surface area contributed by atoms with Gasteiger partial charge in [-0.25, -0.2) is 0 Å². The molecule has 0 aliphatic carbocycles. The summed E-state index contributed by atoms with van der Waals surface area (Å²) in [7, 11) is 2.53. The van der Waals surface area contributed by atoms with Crippen LogP contribution in [0.2, 0.25) is 0 Å². The van der Waals surface area contributed by atoms with Crippen LogP contribution in [-0.2, 0) is 10.8 Å². The van der Waals surface area contributed by atoms with Crippen molar-refractivity contribution in [3.63, 3.8) is 0 Å². The maximum atomic E-state index is 11.6. The highest BCUT2D eigenvalue weighted by atomic mass is 32.2. The molecule has 4 nitrogen and oxygen atoms in total. The van der Waals surface area contributed by atoms with E-state index in [0.29, 0.717) is 5.75 Å². The van der Waals surface area contributed by atoms with E-state index in [1.54, 1.807) is 14.2 Å². The maximum Gasteiger partial charge on any atom is 0.127 e. The molecule has 1 N–H and O–H groups in total. The molecule has 1 aromatic rings. The molecule has 0 spiro atoms. The fourth-order valence-electron chi connectivity index (χ4n) is 1.98. The molecule has 1 fully saturated rings. The van der Waals surface area contributed by atoms with E-state index >= 15 is 0 Å². The zero-order chi connectivity index (χ0) is 12.3. The second kappa shape index (κ2) is 5.51.